The van der Waals surface area contributed by atoms with Crippen molar-refractivity contribution in [2.24, 2.45) is 0 Å². The highest BCUT2D eigenvalue weighted by molar-refractivity contribution is 6.09. The summed E-state index contributed by atoms with van der Waals surface area (Å²) in [6.07, 6.45) is 3.38. The third-order valence-electron chi connectivity index (χ3n) is 3.06. The Morgan fingerprint density at radius 1 is 1.14 bits per heavy atom. The molecule has 0 aromatic heterocycles. The van der Waals surface area contributed by atoms with Gasteiger partial charge < -0.3 is 14.9 Å². The number of aldehydes is 1. The number of allylic oxidation sites excluding steroid dienone is 1. The summed E-state index contributed by atoms with van der Waals surface area (Å²) >= 11 is 0. The van der Waals surface area contributed by atoms with E-state index in [1.54, 1.807) is 18.2 Å². The van der Waals surface area contributed by atoms with E-state index < -0.39 is 5.78 Å². The van der Waals surface area contributed by atoms with Crippen LogP contribution in [0, 0.1) is 0 Å². The molecule has 0 saturated heterocycles. The van der Waals surface area contributed by atoms with Gasteiger partial charge in [0.2, 0.25) is 0 Å². The fourth-order valence-electron chi connectivity index (χ4n) is 1.90. The number of phenolic OH excluding ortho intramolecular Hbond substituents is 2. The second kappa shape index (κ2) is 6.58. The predicted molar refractivity (Wildman–Crippen MR) is 81.5 cm³/mol. The maximum Gasteiger partial charge on any atom is 0.189 e. The lowest BCUT2D eigenvalue weighted by Gasteiger charge is -2.07. The molecule has 0 spiro atoms. The lowest BCUT2D eigenvalue weighted by molar-refractivity contribution is 0.104. The topological polar surface area (TPSA) is 83.8 Å². The molecule has 0 amide bonds. The second-order valence-electron chi connectivity index (χ2n) is 4.52. The molecule has 0 unspecified atom stereocenters. The third kappa shape index (κ3) is 3.32. The van der Waals surface area contributed by atoms with E-state index in [0.29, 0.717) is 6.29 Å². The van der Waals surface area contributed by atoms with Gasteiger partial charge in [0.25, 0.3) is 0 Å². The van der Waals surface area contributed by atoms with Gasteiger partial charge in [0, 0.05) is 6.07 Å². The average Bonchev–Trinajstić information content (AvgIpc) is 2.53. The van der Waals surface area contributed by atoms with Gasteiger partial charge in [-0.25, -0.2) is 0 Å². The number of aromatic hydroxyl groups is 2. The molecular formula is C17H14O5. The van der Waals surface area contributed by atoms with Gasteiger partial charge in [0.15, 0.2) is 12.1 Å². The van der Waals surface area contributed by atoms with E-state index in [2.05, 4.69) is 0 Å². The summed E-state index contributed by atoms with van der Waals surface area (Å²) in [7, 11) is 1.37. The minimum atomic E-state index is -0.448. The average molecular weight is 298 g/mol. The molecule has 2 aromatic carbocycles. The van der Waals surface area contributed by atoms with Crippen molar-refractivity contribution >= 4 is 18.1 Å². The van der Waals surface area contributed by atoms with Crippen molar-refractivity contribution in [3.05, 3.63) is 59.2 Å². The summed E-state index contributed by atoms with van der Waals surface area (Å²) in [6, 6.07) is 8.79. The number of ether oxygens (including phenoxy) is 1. The highest BCUT2D eigenvalue weighted by atomic mass is 16.5. The van der Waals surface area contributed by atoms with Crippen molar-refractivity contribution in [2.45, 2.75) is 0 Å². The number of carbonyl (C=O) groups is 2. The molecule has 0 aliphatic rings. The fourth-order valence-corrected chi connectivity index (χ4v) is 1.90. The molecule has 5 nitrogen and oxygen atoms in total. The Balaban J connectivity index is 2.29. The van der Waals surface area contributed by atoms with Gasteiger partial charge in [0.1, 0.15) is 17.2 Å². The number of carbonyl (C=O) groups excluding carboxylic acids is 2. The Kier molecular flexibility index (Phi) is 4.58. The van der Waals surface area contributed by atoms with Crippen LogP contribution in [0.1, 0.15) is 26.3 Å². The van der Waals surface area contributed by atoms with E-state index in [9.17, 15) is 19.8 Å². The highest BCUT2D eigenvalue weighted by Gasteiger charge is 2.13. The van der Waals surface area contributed by atoms with Gasteiger partial charge in [-0.2, -0.15) is 0 Å². The maximum absolute atomic E-state index is 12.1. The second-order valence-corrected chi connectivity index (χ2v) is 4.52. The quantitative estimate of drug-likeness (QED) is 0.504. The minimum absolute atomic E-state index is 0.0120. The molecule has 0 aliphatic carbocycles. The summed E-state index contributed by atoms with van der Waals surface area (Å²) in [6.45, 7) is 0. The molecule has 0 radical (unpaired) electrons. The van der Waals surface area contributed by atoms with Crippen molar-refractivity contribution in [3.8, 4) is 17.2 Å². The van der Waals surface area contributed by atoms with E-state index in [4.69, 9.17) is 4.74 Å². The molecule has 0 bridgehead atoms. The van der Waals surface area contributed by atoms with Crippen molar-refractivity contribution in [3.63, 3.8) is 0 Å². The lowest BCUT2D eigenvalue weighted by atomic mass is 10.0. The van der Waals surface area contributed by atoms with E-state index in [1.807, 2.05) is 0 Å². The summed E-state index contributed by atoms with van der Waals surface area (Å²) in [5, 5.41) is 19.0. The van der Waals surface area contributed by atoms with Crippen LogP contribution in [0.3, 0.4) is 0 Å². The van der Waals surface area contributed by atoms with Crippen LogP contribution >= 0.6 is 0 Å². The van der Waals surface area contributed by atoms with Crippen LogP contribution < -0.4 is 4.74 Å². The Morgan fingerprint density at radius 2 is 1.82 bits per heavy atom. The molecule has 2 N–H and O–H groups in total. The van der Waals surface area contributed by atoms with Crippen LogP contribution in [0.4, 0.5) is 0 Å². The molecular weight excluding hydrogens is 284 g/mol. The summed E-state index contributed by atoms with van der Waals surface area (Å²) in [5.41, 5.74) is 0.911. The van der Waals surface area contributed by atoms with Gasteiger partial charge >= 0.3 is 0 Å². The largest absolute Gasteiger partial charge is 0.508 e. The SMILES string of the molecule is COc1cc(O)c(C(=O)/C=C/c2ccc(O)cc2)cc1C=O. The first-order valence-electron chi connectivity index (χ1n) is 6.42. The summed E-state index contributed by atoms with van der Waals surface area (Å²) in [5.74, 6) is -0.377. The van der Waals surface area contributed by atoms with E-state index in [1.165, 1.54) is 37.5 Å². The number of rotatable bonds is 5. The van der Waals surface area contributed by atoms with Gasteiger partial charge in [-0.3, -0.25) is 9.59 Å². The number of ketones is 1. The molecule has 112 valence electrons. The van der Waals surface area contributed by atoms with Crippen molar-refractivity contribution in [2.75, 3.05) is 7.11 Å². The first-order valence-corrected chi connectivity index (χ1v) is 6.42. The number of phenols is 2. The van der Waals surface area contributed by atoms with Crippen molar-refractivity contribution in [1.82, 2.24) is 0 Å². The molecule has 5 heteroatoms. The number of methoxy groups -OCH3 is 1. The first kappa shape index (κ1) is 15.3. The van der Waals surface area contributed by atoms with Gasteiger partial charge in [0.05, 0.1) is 18.2 Å². The normalized spacial score (nSPS) is 10.6. The maximum atomic E-state index is 12.1. The molecule has 0 heterocycles. The van der Waals surface area contributed by atoms with E-state index in [0.717, 1.165) is 5.56 Å². The van der Waals surface area contributed by atoms with Gasteiger partial charge in [-0.15, -0.1) is 0 Å². The van der Waals surface area contributed by atoms with Crippen LogP contribution in [-0.4, -0.2) is 29.4 Å². The van der Waals surface area contributed by atoms with E-state index in [-0.39, 0.29) is 28.4 Å². The van der Waals surface area contributed by atoms with Crippen molar-refractivity contribution < 1.29 is 24.5 Å². The lowest BCUT2D eigenvalue weighted by Crippen LogP contribution is -1.99. The van der Waals surface area contributed by atoms with Crippen LogP contribution in [0.25, 0.3) is 6.08 Å². The Morgan fingerprint density at radius 3 is 2.41 bits per heavy atom. The van der Waals surface area contributed by atoms with Crippen LogP contribution in [0.2, 0.25) is 0 Å². The molecule has 22 heavy (non-hydrogen) atoms. The van der Waals surface area contributed by atoms with Gasteiger partial charge in [-0.05, 0) is 29.8 Å². The monoisotopic (exact) mass is 298 g/mol. The third-order valence-corrected chi connectivity index (χ3v) is 3.06. The Bertz CT molecular complexity index is 729. The fraction of sp³-hybridized carbons (Fsp3) is 0.0588. The zero-order chi connectivity index (χ0) is 16.1. The number of benzene rings is 2. The zero-order valence-electron chi connectivity index (χ0n) is 11.8. The number of hydrogen-bond acceptors (Lipinski definition) is 5. The van der Waals surface area contributed by atoms with E-state index >= 15 is 0 Å². The standard InChI is InChI=1S/C17H14O5/c1-22-17-9-16(21)14(8-12(17)10-18)15(20)7-4-11-2-5-13(19)6-3-11/h2-10,19,21H,1H3/b7-4+. The Hall–Kier alpha value is -3.08. The highest BCUT2D eigenvalue weighted by Crippen LogP contribution is 2.28. The number of hydrogen-bond donors (Lipinski definition) is 2. The first-order chi connectivity index (χ1) is 10.5. The van der Waals surface area contributed by atoms with Crippen LogP contribution in [0.15, 0.2) is 42.5 Å². The minimum Gasteiger partial charge on any atom is -0.508 e. The smallest absolute Gasteiger partial charge is 0.189 e. The molecule has 2 aromatic rings. The molecule has 0 saturated carbocycles. The molecule has 0 atom stereocenters. The predicted octanol–water partition coefficient (Wildman–Crippen LogP) is 2.82. The molecule has 2 rings (SSSR count). The summed E-state index contributed by atoms with van der Waals surface area (Å²) < 4.78 is 4.95. The van der Waals surface area contributed by atoms with Crippen LogP contribution in [0.5, 0.6) is 17.2 Å². The molecule has 0 fully saturated rings. The van der Waals surface area contributed by atoms with Gasteiger partial charge in [-0.1, -0.05) is 18.2 Å². The van der Waals surface area contributed by atoms with Crippen LogP contribution in [-0.2, 0) is 0 Å². The zero-order valence-corrected chi connectivity index (χ0v) is 11.8. The molecule has 0 aliphatic heterocycles. The Labute approximate surface area is 127 Å². The van der Waals surface area contributed by atoms with Crippen molar-refractivity contribution in [1.29, 1.82) is 0 Å². The summed E-state index contributed by atoms with van der Waals surface area (Å²) in [4.78, 5) is 23.1.